The van der Waals surface area contributed by atoms with E-state index >= 15 is 0 Å². The first kappa shape index (κ1) is 20.2. The number of hydrogen-bond donors (Lipinski definition) is 3. The lowest BCUT2D eigenvalue weighted by atomic mass is 10.1. The summed E-state index contributed by atoms with van der Waals surface area (Å²) in [6.07, 6.45) is 0.892. The quantitative estimate of drug-likeness (QED) is 0.529. The van der Waals surface area contributed by atoms with Gasteiger partial charge in [-0.15, -0.1) is 22.7 Å². The van der Waals surface area contributed by atoms with Crippen LogP contribution >= 0.6 is 22.7 Å². The topological polar surface area (TPSA) is 128 Å². The third kappa shape index (κ3) is 4.24. The van der Waals surface area contributed by atoms with Crippen LogP contribution in [-0.2, 0) is 4.74 Å². The van der Waals surface area contributed by atoms with Crippen LogP contribution in [0.15, 0.2) is 36.4 Å². The minimum Gasteiger partial charge on any atom is -0.456 e. The highest BCUT2D eigenvalue weighted by atomic mass is 32.1. The fourth-order valence-electron chi connectivity index (χ4n) is 3.43. The second-order valence-corrected chi connectivity index (χ2v) is 9.08. The molecule has 0 saturated carbocycles. The Labute approximate surface area is 180 Å². The van der Waals surface area contributed by atoms with Gasteiger partial charge in [0.05, 0.1) is 12.2 Å². The third-order valence-electron chi connectivity index (χ3n) is 4.81. The average molecular weight is 445 g/mol. The summed E-state index contributed by atoms with van der Waals surface area (Å²) in [5.74, 6) is -0.563. The lowest BCUT2D eigenvalue weighted by molar-refractivity contribution is 0.0134. The van der Waals surface area contributed by atoms with Crippen molar-refractivity contribution in [2.75, 3.05) is 18.4 Å². The predicted octanol–water partition coefficient (Wildman–Crippen LogP) is 3.82. The molecule has 3 heterocycles. The van der Waals surface area contributed by atoms with E-state index in [-0.39, 0.29) is 11.4 Å². The van der Waals surface area contributed by atoms with Gasteiger partial charge in [-0.3, -0.25) is 0 Å². The molecule has 5 N–H and O–H groups in total. The highest BCUT2D eigenvalue weighted by Crippen LogP contribution is 2.41. The molecule has 4 amide bonds. The van der Waals surface area contributed by atoms with Crippen LogP contribution in [0.2, 0.25) is 0 Å². The van der Waals surface area contributed by atoms with Crippen LogP contribution in [0.1, 0.15) is 22.5 Å². The van der Waals surface area contributed by atoms with E-state index in [1.807, 2.05) is 30.3 Å². The summed E-state index contributed by atoms with van der Waals surface area (Å²) in [6, 6.07) is 10.5. The maximum Gasteiger partial charge on any atom is 0.350 e. The first-order valence-corrected chi connectivity index (χ1v) is 11.0. The zero-order valence-electron chi connectivity index (χ0n) is 15.9. The number of likely N-dealkylation sites (tertiary alicyclic amines) is 1. The van der Waals surface area contributed by atoms with Gasteiger partial charge in [0.25, 0.3) is 0 Å². The van der Waals surface area contributed by atoms with Crippen molar-refractivity contribution in [2.45, 2.75) is 18.9 Å². The number of hydrogen-bond acceptors (Lipinski definition) is 6. The van der Waals surface area contributed by atoms with E-state index in [1.54, 1.807) is 17.4 Å². The van der Waals surface area contributed by atoms with E-state index in [0.717, 1.165) is 19.8 Å². The van der Waals surface area contributed by atoms with E-state index in [1.165, 1.54) is 16.2 Å². The Morgan fingerprint density at radius 1 is 1.10 bits per heavy atom. The zero-order valence-corrected chi connectivity index (χ0v) is 17.6. The van der Waals surface area contributed by atoms with Gasteiger partial charge < -0.3 is 26.4 Å². The zero-order chi connectivity index (χ0) is 21.3. The molecule has 0 aliphatic carbocycles. The van der Waals surface area contributed by atoms with Gasteiger partial charge in [0.1, 0.15) is 11.0 Å². The second kappa shape index (κ2) is 8.33. The van der Waals surface area contributed by atoms with Crippen LogP contribution in [-0.4, -0.2) is 42.1 Å². The highest BCUT2D eigenvalue weighted by Gasteiger charge is 2.28. The third-order valence-corrected chi connectivity index (χ3v) is 7.23. The number of esters is 1. The van der Waals surface area contributed by atoms with Crippen molar-refractivity contribution in [3.63, 3.8) is 0 Å². The van der Waals surface area contributed by atoms with Crippen molar-refractivity contribution in [3.05, 3.63) is 41.3 Å². The minimum absolute atomic E-state index is 0.258. The van der Waals surface area contributed by atoms with Gasteiger partial charge >= 0.3 is 18.0 Å². The van der Waals surface area contributed by atoms with Gasteiger partial charge in [0.2, 0.25) is 0 Å². The first-order chi connectivity index (χ1) is 14.4. The first-order valence-electron chi connectivity index (χ1n) is 9.35. The molecular weight excluding hydrogens is 424 g/mol. The summed E-state index contributed by atoms with van der Waals surface area (Å²) in [4.78, 5) is 39.3. The number of primary amides is 2. The van der Waals surface area contributed by atoms with Gasteiger partial charge in [-0.1, -0.05) is 18.2 Å². The number of benzene rings is 1. The summed E-state index contributed by atoms with van der Waals surface area (Å²) < 4.78 is 6.75. The Bertz CT molecular complexity index is 1090. The maximum absolute atomic E-state index is 12.9. The largest absolute Gasteiger partial charge is 0.456 e. The normalized spacial score (nSPS) is 16.4. The number of thiophene rings is 2. The molecule has 1 unspecified atom stereocenters. The number of fused-ring (bicyclic) bond motifs is 1. The van der Waals surface area contributed by atoms with Crippen LogP contribution in [0.25, 0.3) is 19.8 Å². The molecule has 156 valence electrons. The monoisotopic (exact) mass is 444 g/mol. The van der Waals surface area contributed by atoms with Crippen LogP contribution in [0.5, 0.6) is 0 Å². The molecule has 1 saturated heterocycles. The molecular formula is C20H20N4O4S2. The summed E-state index contributed by atoms with van der Waals surface area (Å²) in [7, 11) is 0. The van der Waals surface area contributed by atoms with Crippen molar-refractivity contribution in [2.24, 2.45) is 11.5 Å². The van der Waals surface area contributed by atoms with Crippen molar-refractivity contribution in [1.82, 2.24) is 4.90 Å². The molecule has 30 heavy (non-hydrogen) atoms. The average Bonchev–Trinajstić information content (AvgIpc) is 3.31. The molecule has 2 aromatic heterocycles. The molecule has 1 fully saturated rings. The Morgan fingerprint density at radius 3 is 2.60 bits per heavy atom. The number of piperidine rings is 1. The van der Waals surface area contributed by atoms with Gasteiger partial charge in [0.15, 0.2) is 0 Å². The number of anilines is 1. The Kier molecular flexibility index (Phi) is 5.60. The Balaban J connectivity index is 1.60. The summed E-state index contributed by atoms with van der Waals surface area (Å²) in [6.45, 7) is 0.807. The van der Waals surface area contributed by atoms with Crippen molar-refractivity contribution in [1.29, 1.82) is 0 Å². The van der Waals surface area contributed by atoms with E-state index in [9.17, 15) is 14.4 Å². The van der Waals surface area contributed by atoms with Crippen LogP contribution in [0.4, 0.5) is 15.3 Å². The number of nitrogens with one attached hydrogen (secondary N) is 1. The molecule has 1 aromatic carbocycles. The minimum atomic E-state index is -0.762. The number of rotatable bonds is 4. The number of carbonyl (C=O) groups excluding carboxylic acids is 3. The van der Waals surface area contributed by atoms with Crippen LogP contribution in [0, 0.1) is 0 Å². The molecule has 4 rings (SSSR count). The van der Waals surface area contributed by atoms with Crippen molar-refractivity contribution >= 4 is 56.5 Å². The van der Waals surface area contributed by atoms with E-state index in [4.69, 9.17) is 16.2 Å². The van der Waals surface area contributed by atoms with E-state index in [0.29, 0.717) is 25.1 Å². The summed E-state index contributed by atoms with van der Waals surface area (Å²) >= 11 is 2.83. The van der Waals surface area contributed by atoms with Crippen molar-refractivity contribution < 1.29 is 19.1 Å². The number of nitrogens with two attached hydrogens (primary N) is 2. The standard InChI is InChI=1S/C20H20N4O4S2/c21-19(26)23-13-9-16(15-8-11-4-1-2-6-14(11)29-15)30-17(13)18(25)28-12-5-3-7-24(10-12)20(22)27/h1-2,4,6,8-9,12H,3,5,7,10H2,(H2,22,27)(H3,21,23,26). The number of nitrogens with zero attached hydrogens (tertiary/aromatic N) is 1. The molecule has 0 bridgehead atoms. The maximum atomic E-state index is 12.9. The Hall–Kier alpha value is -3.11. The van der Waals surface area contributed by atoms with Gasteiger partial charge in [-0.05, 0) is 36.4 Å². The fourth-order valence-corrected chi connectivity index (χ4v) is 5.56. The lowest BCUT2D eigenvalue weighted by Crippen LogP contribution is -2.46. The van der Waals surface area contributed by atoms with Crippen molar-refractivity contribution in [3.8, 4) is 9.75 Å². The van der Waals surface area contributed by atoms with Crippen LogP contribution < -0.4 is 16.8 Å². The molecule has 3 aromatic rings. The summed E-state index contributed by atoms with van der Waals surface area (Å²) in [5.41, 5.74) is 10.9. The number of amides is 4. The lowest BCUT2D eigenvalue weighted by Gasteiger charge is -2.31. The molecule has 10 heteroatoms. The highest BCUT2D eigenvalue weighted by molar-refractivity contribution is 7.26. The second-order valence-electron chi connectivity index (χ2n) is 6.94. The predicted molar refractivity (Wildman–Crippen MR) is 118 cm³/mol. The number of ether oxygens (including phenoxy) is 1. The smallest absolute Gasteiger partial charge is 0.350 e. The van der Waals surface area contributed by atoms with Gasteiger partial charge in [-0.2, -0.15) is 0 Å². The number of urea groups is 2. The van der Waals surface area contributed by atoms with Crippen LogP contribution in [0.3, 0.4) is 0 Å². The molecule has 1 aliphatic rings. The van der Waals surface area contributed by atoms with Gasteiger partial charge in [0, 0.05) is 21.0 Å². The van der Waals surface area contributed by atoms with Gasteiger partial charge in [-0.25, -0.2) is 14.4 Å². The molecule has 1 atom stereocenters. The summed E-state index contributed by atoms with van der Waals surface area (Å²) in [5, 5.41) is 3.62. The van der Waals surface area contributed by atoms with E-state index in [2.05, 4.69) is 5.32 Å². The molecule has 8 nitrogen and oxygen atoms in total. The molecule has 0 radical (unpaired) electrons. The fraction of sp³-hybridized carbons (Fsp3) is 0.250. The van der Waals surface area contributed by atoms with E-state index < -0.39 is 24.1 Å². The molecule has 0 spiro atoms. The Morgan fingerprint density at radius 2 is 1.87 bits per heavy atom. The number of carbonyl (C=O) groups is 3. The SMILES string of the molecule is NC(=O)Nc1cc(-c2cc3ccccc3s2)sc1C(=O)OC1CCCN(C(N)=O)C1. The molecule has 1 aliphatic heterocycles.